The van der Waals surface area contributed by atoms with Crippen molar-refractivity contribution in [2.24, 2.45) is 0 Å². The quantitative estimate of drug-likeness (QED) is 0.835. The maximum Gasteiger partial charge on any atom is 0.224 e. The number of aliphatic hydroxyl groups is 1. The number of hydrogen-bond donors (Lipinski definition) is 2. The van der Waals surface area contributed by atoms with Crippen molar-refractivity contribution in [3.63, 3.8) is 0 Å². The van der Waals surface area contributed by atoms with Gasteiger partial charge in [-0.2, -0.15) is 0 Å². The van der Waals surface area contributed by atoms with Crippen LogP contribution in [0.3, 0.4) is 0 Å². The van der Waals surface area contributed by atoms with Crippen LogP contribution in [0.2, 0.25) is 0 Å². The number of amides is 1. The monoisotopic (exact) mass is 235 g/mol. The number of fused-ring (bicyclic) bond motifs is 1. The lowest BCUT2D eigenvalue weighted by Gasteiger charge is -2.07. The first kappa shape index (κ1) is 11.9. The van der Waals surface area contributed by atoms with Gasteiger partial charge in [0.2, 0.25) is 5.91 Å². The lowest BCUT2D eigenvalue weighted by Crippen LogP contribution is -2.14. The summed E-state index contributed by atoms with van der Waals surface area (Å²) < 4.78 is 5.39. The van der Waals surface area contributed by atoms with Gasteiger partial charge in [0.1, 0.15) is 5.75 Å². The summed E-state index contributed by atoms with van der Waals surface area (Å²) in [6.45, 7) is 2.40. The molecule has 2 rings (SSSR count). The van der Waals surface area contributed by atoms with E-state index in [0.29, 0.717) is 12.8 Å². The molecule has 1 aromatic rings. The normalized spacial score (nSPS) is 14.9. The molecule has 0 saturated heterocycles. The second-order valence-corrected chi connectivity index (χ2v) is 4.36. The number of benzene rings is 1. The zero-order chi connectivity index (χ0) is 12.3. The molecule has 0 aromatic heterocycles. The molecule has 0 radical (unpaired) electrons. The van der Waals surface area contributed by atoms with Crippen LogP contribution in [0.4, 0.5) is 5.69 Å². The molecule has 2 N–H and O–H groups in total. The first-order valence-corrected chi connectivity index (χ1v) is 5.89. The molecule has 1 aliphatic heterocycles. The van der Waals surface area contributed by atoms with Crippen molar-refractivity contribution in [2.75, 3.05) is 11.9 Å². The van der Waals surface area contributed by atoms with Crippen LogP contribution in [0.15, 0.2) is 18.2 Å². The Kier molecular flexibility index (Phi) is 3.64. The molecule has 1 amide bonds. The fraction of sp³-hybridized carbons (Fsp3) is 0.462. The van der Waals surface area contributed by atoms with E-state index in [1.807, 2.05) is 18.2 Å². The third kappa shape index (κ3) is 3.20. The summed E-state index contributed by atoms with van der Waals surface area (Å²) in [5.41, 5.74) is 1.93. The molecule has 0 spiro atoms. The third-order valence-electron chi connectivity index (χ3n) is 2.76. The number of aliphatic hydroxyl groups excluding tert-OH is 1. The molecule has 0 bridgehead atoms. The minimum atomic E-state index is -0.436. The van der Waals surface area contributed by atoms with Gasteiger partial charge in [-0.1, -0.05) is 0 Å². The molecule has 0 saturated carbocycles. The minimum Gasteiger partial charge on any atom is -0.493 e. The summed E-state index contributed by atoms with van der Waals surface area (Å²) in [7, 11) is 0. The molecule has 0 aliphatic carbocycles. The lowest BCUT2D eigenvalue weighted by atomic mass is 10.1. The molecule has 1 heterocycles. The van der Waals surface area contributed by atoms with Gasteiger partial charge in [-0.05, 0) is 37.1 Å². The molecule has 0 fully saturated rings. The Balaban J connectivity index is 1.92. The van der Waals surface area contributed by atoms with Gasteiger partial charge in [-0.15, -0.1) is 0 Å². The minimum absolute atomic E-state index is 0.0650. The van der Waals surface area contributed by atoms with Crippen molar-refractivity contribution in [2.45, 2.75) is 32.3 Å². The van der Waals surface area contributed by atoms with Gasteiger partial charge in [0, 0.05) is 18.5 Å². The molecule has 1 aromatic carbocycles. The molecule has 1 aliphatic rings. The summed E-state index contributed by atoms with van der Waals surface area (Å²) in [6.07, 6.45) is 1.28. The van der Waals surface area contributed by atoms with Crippen molar-refractivity contribution in [3.8, 4) is 5.75 Å². The summed E-state index contributed by atoms with van der Waals surface area (Å²) in [6, 6.07) is 5.67. The number of carbonyl (C=O) groups is 1. The zero-order valence-corrected chi connectivity index (χ0v) is 9.90. The SMILES string of the molecule is CC(O)CCC(=O)Nc1ccc2c(c1)CCO2. The van der Waals surface area contributed by atoms with Crippen LogP contribution in [0, 0.1) is 0 Å². The molecule has 17 heavy (non-hydrogen) atoms. The zero-order valence-electron chi connectivity index (χ0n) is 9.90. The Bertz CT molecular complexity index is 415. The fourth-order valence-electron chi connectivity index (χ4n) is 1.83. The third-order valence-corrected chi connectivity index (χ3v) is 2.76. The summed E-state index contributed by atoms with van der Waals surface area (Å²) in [4.78, 5) is 11.6. The predicted octanol–water partition coefficient (Wildman–Crippen LogP) is 1.72. The van der Waals surface area contributed by atoms with Crippen LogP contribution >= 0.6 is 0 Å². The van der Waals surface area contributed by atoms with E-state index in [9.17, 15) is 4.79 Å². The van der Waals surface area contributed by atoms with E-state index in [-0.39, 0.29) is 5.91 Å². The van der Waals surface area contributed by atoms with Gasteiger partial charge in [0.15, 0.2) is 0 Å². The van der Waals surface area contributed by atoms with E-state index in [0.717, 1.165) is 30.0 Å². The average Bonchev–Trinajstić information content (AvgIpc) is 2.73. The summed E-state index contributed by atoms with van der Waals surface area (Å²) in [5, 5.41) is 11.9. The summed E-state index contributed by atoms with van der Waals surface area (Å²) in [5.74, 6) is 0.844. The molecule has 4 nitrogen and oxygen atoms in total. The van der Waals surface area contributed by atoms with E-state index in [4.69, 9.17) is 9.84 Å². The maximum atomic E-state index is 11.6. The van der Waals surface area contributed by atoms with Gasteiger partial charge in [0.05, 0.1) is 12.7 Å². The van der Waals surface area contributed by atoms with E-state index < -0.39 is 6.10 Å². The molecular formula is C13H17NO3. The van der Waals surface area contributed by atoms with E-state index in [1.165, 1.54) is 0 Å². The van der Waals surface area contributed by atoms with Crippen LogP contribution in [0.5, 0.6) is 5.75 Å². The van der Waals surface area contributed by atoms with E-state index in [2.05, 4.69) is 5.32 Å². The van der Waals surface area contributed by atoms with Crippen molar-refractivity contribution < 1.29 is 14.6 Å². The number of anilines is 1. The molecular weight excluding hydrogens is 218 g/mol. The molecule has 1 atom stereocenters. The number of carbonyl (C=O) groups excluding carboxylic acids is 1. The van der Waals surface area contributed by atoms with Gasteiger partial charge in [-0.3, -0.25) is 4.79 Å². The highest BCUT2D eigenvalue weighted by Gasteiger charge is 2.13. The summed E-state index contributed by atoms with van der Waals surface area (Å²) >= 11 is 0. The Morgan fingerprint density at radius 3 is 3.18 bits per heavy atom. The highest BCUT2D eigenvalue weighted by atomic mass is 16.5. The van der Waals surface area contributed by atoms with Gasteiger partial charge in [0.25, 0.3) is 0 Å². The maximum absolute atomic E-state index is 11.6. The van der Waals surface area contributed by atoms with Crippen molar-refractivity contribution in [1.29, 1.82) is 0 Å². The first-order chi connectivity index (χ1) is 8.15. The average molecular weight is 235 g/mol. The van der Waals surface area contributed by atoms with Crippen LogP contribution in [0.1, 0.15) is 25.3 Å². The lowest BCUT2D eigenvalue weighted by molar-refractivity contribution is -0.116. The molecule has 92 valence electrons. The molecule has 1 unspecified atom stereocenters. The van der Waals surface area contributed by atoms with Crippen molar-refractivity contribution in [3.05, 3.63) is 23.8 Å². The first-order valence-electron chi connectivity index (χ1n) is 5.89. The van der Waals surface area contributed by atoms with Crippen LogP contribution in [0.25, 0.3) is 0 Å². The Labute approximate surface area is 101 Å². The Morgan fingerprint density at radius 1 is 1.59 bits per heavy atom. The van der Waals surface area contributed by atoms with Gasteiger partial charge >= 0.3 is 0 Å². The van der Waals surface area contributed by atoms with Crippen LogP contribution in [-0.4, -0.2) is 23.7 Å². The van der Waals surface area contributed by atoms with E-state index >= 15 is 0 Å². The second-order valence-electron chi connectivity index (χ2n) is 4.36. The smallest absolute Gasteiger partial charge is 0.224 e. The van der Waals surface area contributed by atoms with Gasteiger partial charge < -0.3 is 15.2 Å². The van der Waals surface area contributed by atoms with Crippen molar-refractivity contribution >= 4 is 11.6 Å². The van der Waals surface area contributed by atoms with Crippen LogP contribution < -0.4 is 10.1 Å². The largest absolute Gasteiger partial charge is 0.493 e. The molecule has 4 heteroatoms. The predicted molar refractivity (Wildman–Crippen MR) is 65.2 cm³/mol. The Hall–Kier alpha value is -1.55. The fourth-order valence-corrected chi connectivity index (χ4v) is 1.83. The number of rotatable bonds is 4. The number of nitrogens with one attached hydrogen (secondary N) is 1. The Morgan fingerprint density at radius 2 is 2.41 bits per heavy atom. The van der Waals surface area contributed by atoms with Crippen molar-refractivity contribution in [1.82, 2.24) is 0 Å². The number of ether oxygens (including phenoxy) is 1. The van der Waals surface area contributed by atoms with Crippen LogP contribution in [-0.2, 0) is 11.2 Å². The second kappa shape index (κ2) is 5.19. The van der Waals surface area contributed by atoms with Gasteiger partial charge in [-0.25, -0.2) is 0 Å². The number of hydrogen-bond acceptors (Lipinski definition) is 3. The standard InChI is InChI=1S/C13H17NO3/c1-9(15)2-5-13(16)14-11-3-4-12-10(8-11)6-7-17-12/h3-4,8-9,15H,2,5-7H2,1H3,(H,14,16). The topological polar surface area (TPSA) is 58.6 Å². The highest BCUT2D eigenvalue weighted by molar-refractivity contribution is 5.90. The van der Waals surface area contributed by atoms with E-state index in [1.54, 1.807) is 6.92 Å². The highest BCUT2D eigenvalue weighted by Crippen LogP contribution is 2.27.